The van der Waals surface area contributed by atoms with Gasteiger partial charge in [-0.25, -0.2) is 8.78 Å². The highest BCUT2D eigenvalue weighted by molar-refractivity contribution is 9.10. The molecule has 0 aliphatic carbocycles. The molecule has 21 heavy (non-hydrogen) atoms. The van der Waals surface area contributed by atoms with Crippen LogP contribution >= 0.6 is 15.9 Å². The summed E-state index contributed by atoms with van der Waals surface area (Å²) in [5, 5.41) is 3.30. The smallest absolute Gasteiger partial charge is 0.137 e. The fourth-order valence-electron chi connectivity index (χ4n) is 2.37. The first-order valence-corrected chi connectivity index (χ1v) is 7.74. The molecule has 0 aromatic heterocycles. The maximum atomic E-state index is 14.1. The molecule has 0 aliphatic rings. The van der Waals surface area contributed by atoms with Crippen molar-refractivity contribution < 1.29 is 8.78 Å². The number of nitrogens with one attached hydrogen (secondary N) is 1. The maximum Gasteiger partial charge on any atom is 0.137 e. The molecule has 1 N–H and O–H groups in total. The normalized spacial score (nSPS) is 12.4. The Morgan fingerprint density at radius 1 is 1.10 bits per heavy atom. The van der Waals surface area contributed by atoms with Crippen LogP contribution in [0.15, 0.2) is 40.9 Å². The van der Waals surface area contributed by atoms with Crippen molar-refractivity contribution in [2.24, 2.45) is 0 Å². The second-order valence-corrected chi connectivity index (χ2v) is 5.94. The van der Waals surface area contributed by atoms with E-state index in [-0.39, 0.29) is 17.7 Å². The van der Waals surface area contributed by atoms with Gasteiger partial charge in [-0.3, -0.25) is 0 Å². The molecule has 0 aliphatic heterocycles. The van der Waals surface area contributed by atoms with Gasteiger partial charge in [0.2, 0.25) is 0 Å². The first-order valence-electron chi connectivity index (χ1n) is 6.94. The molecular formula is C17H18BrF2N. The van der Waals surface area contributed by atoms with Gasteiger partial charge in [-0.05, 0) is 59.6 Å². The molecule has 2 rings (SSSR count). The van der Waals surface area contributed by atoms with Crippen LogP contribution in [0.3, 0.4) is 0 Å². The van der Waals surface area contributed by atoms with Gasteiger partial charge in [-0.2, -0.15) is 0 Å². The van der Waals surface area contributed by atoms with Crippen molar-refractivity contribution in [2.45, 2.75) is 26.3 Å². The molecular weight excluding hydrogens is 336 g/mol. The number of hydrogen-bond acceptors (Lipinski definition) is 1. The predicted molar refractivity (Wildman–Crippen MR) is 85.4 cm³/mol. The summed E-state index contributed by atoms with van der Waals surface area (Å²) in [6, 6.07) is 9.89. The molecule has 112 valence electrons. The van der Waals surface area contributed by atoms with Gasteiger partial charge in [-0.1, -0.05) is 30.7 Å². The SMILES string of the molecule is CCNC(Cc1ccc(F)c(Br)c1)c1cc(C)ccc1F. The fourth-order valence-corrected chi connectivity index (χ4v) is 2.80. The van der Waals surface area contributed by atoms with E-state index in [9.17, 15) is 8.78 Å². The first kappa shape index (κ1) is 16.1. The molecule has 0 fully saturated rings. The van der Waals surface area contributed by atoms with Crippen LogP contribution in [0.1, 0.15) is 29.7 Å². The van der Waals surface area contributed by atoms with E-state index in [2.05, 4.69) is 21.2 Å². The Morgan fingerprint density at radius 2 is 1.81 bits per heavy atom. The van der Waals surface area contributed by atoms with Crippen molar-refractivity contribution in [1.82, 2.24) is 5.32 Å². The zero-order valence-corrected chi connectivity index (χ0v) is 13.7. The third-order valence-electron chi connectivity index (χ3n) is 3.40. The summed E-state index contributed by atoms with van der Waals surface area (Å²) in [6.07, 6.45) is 0.604. The summed E-state index contributed by atoms with van der Waals surface area (Å²) < 4.78 is 27.8. The van der Waals surface area contributed by atoms with E-state index in [4.69, 9.17) is 0 Å². The minimum absolute atomic E-state index is 0.132. The van der Waals surface area contributed by atoms with E-state index in [1.54, 1.807) is 18.2 Å². The van der Waals surface area contributed by atoms with Crippen molar-refractivity contribution in [1.29, 1.82) is 0 Å². The third kappa shape index (κ3) is 4.11. The van der Waals surface area contributed by atoms with Crippen LogP contribution < -0.4 is 5.32 Å². The van der Waals surface area contributed by atoms with E-state index in [0.717, 1.165) is 17.7 Å². The first-order chi connectivity index (χ1) is 10.0. The van der Waals surface area contributed by atoms with Crippen molar-refractivity contribution in [3.63, 3.8) is 0 Å². The monoisotopic (exact) mass is 353 g/mol. The van der Waals surface area contributed by atoms with Crippen molar-refractivity contribution in [3.8, 4) is 0 Å². The second kappa shape index (κ2) is 7.14. The molecule has 0 spiro atoms. The summed E-state index contributed by atoms with van der Waals surface area (Å²) in [5.41, 5.74) is 2.63. The lowest BCUT2D eigenvalue weighted by Crippen LogP contribution is -2.24. The van der Waals surface area contributed by atoms with E-state index >= 15 is 0 Å². The van der Waals surface area contributed by atoms with Crippen molar-refractivity contribution >= 4 is 15.9 Å². The Hall–Kier alpha value is -1.26. The van der Waals surface area contributed by atoms with Gasteiger partial charge in [0.25, 0.3) is 0 Å². The maximum absolute atomic E-state index is 14.1. The summed E-state index contributed by atoms with van der Waals surface area (Å²) in [5.74, 6) is -0.506. The van der Waals surface area contributed by atoms with Crippen molar-refractivity contribution in [2.75, 3.05) is 6.54 Å². The molecule has 0 amide bonds. The van der Waals surface area contributed by atoms with E-state index in [1.807, 2.05) is 19.9 Å². The Kier molecular flexibility index (Phi) is 5.48. The molecule has 0 saturated carbocycles. The highest BCUT2D eigenvalue weighted by Gasteiger charge is 2.16. The van der Waals surface area contributed by atoms with Gasteiger partial charge < -0.3 is 5.32 Å². The molecule has 0 heterocycles. The topological polar surface area (TPSA) is 12.0 Å². The number of hydrogen-bond donors (Lipinski definition) is 1. The van der Waals surface area contributed by atoms with Gasteiger partial charge in [0.05, 0.1) is 4.47 Å². The van der Waals surface area contributed by atoms with Crippen LogP contribution in [-0.4, -0.2) is 6.54 Å². The molecule has 2 aromatic rings. The number of benzene rings is 2. The average molecular weight is 354 g/mol. The summed E-state index contributed by atoms with van der Waals surface area (Å²) in [6.45, 7) is 4.67. The van der Waals surface area contributed by atoms with Gasteiger partial charge in [0.15, 0.2) is 0 Å². The van der Waals surface area contributed by atoms with Crippen molar-refractivity contribution in [3.05, 3.63) is 69.2 Å². The lowest BCUT2D eigenvalue weighted by atomic mass is 9.97. The standard InChI is InChI=1S/C17H18BrF2N/c1-3-21-17(13-8-11(2)4-6-15(13)19)10-12-5-7-16(20)14(18)9-12/h4-9,17,21H,3,10H2,1-2H3. The van der Waals surface area contributed by atoms with Crippen LogP contribution in [-0.2, 0) is 6.42 Å². The molecule has 1 unspecified atom stereocenters. The molecule has 0 radical (unpaired) electrons. The second-order valence-electron chi connectivity index (χ2n) is 5.09. The van der Waals surface area contributed by atoms with Gasteiger partial charge >= 0.3 is 0 Å². The highest BCUT2D eigenvalue weighted by Crippen LogP contribution is 2.25. The van der Waals surface area contributed by atoms with E-state index in [1.165, 1.54) is 12.1 Å². The number of rotatable bonds is 5. The molecule has 4 heteroatoms. The van der Waals surface area contributed by atoms with Crippen LogP contribution in [0.25, 0.3) is 0 Å². The molecule has 0 saturated heterocycles. The summed E-state index contributed by atoms with van der Waals surface area (Å²) >= 11 is 3.19. The minimum atomic E-state index is -0.291. The van der Waals surface area contributed by atoms with E-state index in [0.29, 0.717) is 16.5 Å². The van der Waals surface area contributed by atoms with Crippen LogP contribution in [0.2, 0.25) is 0 Å². The number of halogens is 3. The van der Waals surface area contributed by atoms with Gasteiger partial charge in [0.1, 0.15) is 11.6 Å². The van der Waals surface area contributed by atoms with Gasteiger partial charge in [0, 0.05) is 11.6 Å². The van der Waals surface area contributed by atoms with Crippen LogP contribution in [0.5, 0.6) is 0 Å². The molecule has 0 bridgehead atoms. The zero-order valence-electron chi connectivity index (χ0n) is 12.1. The lowest BCUT2D eigenvalue weighted by Gasteiger charge is -2.20. The van der Waals surface area contributed by atoms with Gasteiger partial charge in [-0.15, -0.1) is 0 Å². The quantitative estimate of drug-likeness (QED) is 0.803. The zero-order chi connectivity index (χ0) is 15.4. The fraction of sp³-hybridized carbons (Fsp3) is 0.294. The Balaban J connectivity index is 2.30. The predicted octanol–water partition coefficient (Wildman–Crippen LogP) is 4.93. The van der Waals surface area contributed by atoms with E-state index < -0.39 is 0 Å². The summed E-state index contributed by atoms with van der Waals surface area (Å²) in [4.78, 5) is 0. The molecule has 1 nitrogen and oxygen atoms in total. The third-order valence-corrected chi connectivity index (χ3v) is 4.01. The Labute approximate surface area is 132 Å². The highest BCUT2D eigenvalue weighted by atomic mass is 79.9. The minimum Gasteiger partial charge on any atom is -0.310 e. The lowest BCUT2D eigenvalue weighted by molar-refractivity contribution is 0.509. The molecule has 1 atom stereocenters. The Morgan fingerprint density at radius 3 is 2.48 bits per heavy atom. The number of aryl methyl sites for hydroxylation is 1. The van der Waals surface area contributed by atoms with Crippen LogP contribution in [0.4, 0.5) is 8.78 Å². The largest absolute Gasteiger partial charge is 0.310 e. The Bertz CT molecular complexity index is 628. The summed E-state index contributed by atoms with van der Waals surface area (Å²) in [7, 11) is 0. The molecule has 2 aromatic carbocycles. The van der Waals surface area contributed by atoms with Crippen LogP contribution in [0, 0.1) is 18.6 Å². The average Bonchev–Trinajstić information content (AvgIpc) is 2.45. The number of likely N-dealkylation sites (N-methyl/N-ethyl adjacent to an activating group) is 1.